The molecule has 5 heteroatoms. The second-order valence-corrected chi connectivity index (χ2v) is 7.40. The van der Waals surface area contributed by atoms with Crippen LogP contribution in [-0.2, 0) is 0 Å². The fraction of sp³-hybridized carbons (Fsp3) is 0.250. The monoisotopic (exact) mass is 389 g/mol. The molecule has 5 nitrogen and oxygen atoms in total. The summed E-state index contributed by atoms with van der Waals surface area (Å²) in [6.07, 6.45) is -0.183. The number of anilines is 1. The third-order valence-electron chi connectivity index (χ3n) is 5.65. The highest BCUT2D eigenvalue weighted by molar-refractivity contribution is 5.57. The number of nitrogens with one attached hydrogen (secondary N) is 1. The van der Waals surface area contributed by atoms with E-state index in [9.17, 15) is 0 Å². The predicted molar refractivity (Wildman–Crippen MR) is 111 cm³/mol. The molecule has 0 unspecified atom stereocenters. The van der Waals surface area contributed by atoms with Gasteiger partial charge in [0.2, 0.25) is 6.79 Å². The minimum absolute atomic E-state index is 0.139. The standard InChI is InChI=1S/C24H23NO4/c1-15-23(16-8-10-18(26-2)11-9-16)19-12-21-22(28-14-27-21)13-20(19)29-24(15)25-17-6-4-3-5-7-17/h3-13,15,23-25H,14H2,1-2H3/t15-,23-,24+/m1/s1. The molecule has 2 aliphatic heterocycles. The van der Waals surface area contributed by atoms with E-state index in [0.29, 0.717) is 0 Å². The van der Waals surface area contributed by atoms with Gasteiger partial charge in [-0.3, -0.25) is 0 Å². The summed E-state index contributed by atoms with van der Waals surface area (Å²) in [5.74, 6) is 3.48. The molecular weight excluding hydrogens is 366 g/mol. The minimum Gasteiger partial charge on any atom is -0.497 e. The molecule has 2 heterocycles. The van der Waals surface area contributed by atoms with Crippen LogP contribution in [0.15, 0.2) is 66.7 Å². The number of methoxy groups -OCH3 is 1. The third-order valence-corrected chi connectivity index (χ3v) is 5.65. The Morgan fingerprint density at radius 1 is 0.897 bits per heavy atom. The molecule has 0 aromatic heterocycles. The Labute approximate surface area is 170 Å². The van der Waals surface area contributed by atoms with Crippen LogP contribution in [0, 0.1) is 5.92 Å². The molecular formula is C24H23NO4. The van der Waals surface area contributed by atoms with Gasteiger partial charge in [-0.25, -0.2) is 0 Å². The summed E-state index contributed by atoms with van der Waals surface area (Å²) in [6, 6.07) is 22.4. The largest absolute Gasteiger partial charge is 0.497 e. The highest BCUT2D eigenvalue weighted by Crippen LogP contribution is 2.49. The number of fused-ring (bicyclic) bond motifs is 2. The van der Waals surface area contributed by atoms with E-state index in [1.807, 2.05) is 48.5 Å². The maximum atomic E-state index is 6.40. The van der Waals surface area contributed by atoms with E-state index >= 15 is 0 Å². The fourth-order valence-electron chi connectivity index (χ4n) is 4.14. The van der Waals surface area contributed by atoms with Crippen molar-refractivity contribution in [3.8, 4) is 23.0 Å². The van der Waals surface area contributed by atoms with E-state index in [-0.39, 0.29) is 24.9 Å². The Hall–Kier alpha value is -3.34. The van der Waals surface area contributed by atoms with Crippen LogP contribution < -0.4 is 24.3 Å². The normalized spacial score (nSPS) is 21.8. The van der Waals surface area contributed by atoms with Crippen molar-refractivity contribution in [2.24, 2.45) is 5.92 Å². The van der Waals surface area contributed by atoms with Gasteiger partial charge in [0.25, 0.3) is 0 Å². The smallest absolute Gasteiger partial charge is 0.231 e. The zero-order valence-electron chi connectivity index (χ0n) is 16.4. The first kappa shape index (κ1) is 17.7. The van der Waals surface area contributed by atoms with Gasteiger partial charge < -0.3 is 24.3 Å². The Kier molecular flexibility index (Phi) is 4.43. The first-order valence-electron chi connectivity index (χ1n) is 9.78. The molecule has 0 radical (unpaired) electrons. The van der Waals surface area contributed by atoms with E-state index in [0.717, 1.165) is 34.2 Å². The highest BCUT2D eigenvalue weighted by atomic mass is 16.7. The van der Waals surface area contributed by atoms with Crippen LogP contribution >= 0.6 is 0 Å². The van der Waals surface area contributed by atoms with Crippen LogP contribution in [0.3, 0.4) is 0 Å². The van der Waals surface area contributed by atoms with Gasteiger partial charge in [-0.05, 0) is 35.9 Å². The van der Waals surface area contributed by atoms with Gasteiger partial charge >= 0.3 is 0 Å². The van der Waals surface area contributed by atoms with E-state index < -0.39 is 0 Å². The maximum absolute atomic E-state index is 6.40. The molecule has 2 aliphatic rings. The zero-order valence-corrected chi connectivity index (χ0v) is 16.4. The van der Waals surface area contributed by atoms with Crippen LogP contribution in [0.1, 0.15) is 24.0 Å². The van der Waals surface area contributed by atoms with Gasteiger partial charge in [0.15, 0.2) is 17.7 Å². The molecule has 3 aromatic rings. The first-order chi connectivity index (χ1) is 14.2. The summed E-state index contributed by atoms with van der Waals surface area (Å²) < 4.78 is 22.9. The van der Waals surface area contributed by atoms with E-state index in [4.69, 9.17) is 18.9 Å². The molecule has 0 saturated carbocycles. The molecule has 29 heavy (non-hydrogen) atoms. The lowest BCUT2D eigenvalue weighted by Gasteiger charge is -2.39. The molecule has 5 rings (SSSR count). The molecule has 148 valence electrons. The average molecular weight is 389 g/mol. The van der Waals surface area contributed by atoms with Gasteiger partial charge in [-0.1, -0.05) is 37.3 Å². The van der Waals surface area contributed by atoms with Crippen LogP contribution in [0.4, 0.5) is 5.69 Å². The summed E-state index contributed by atoms with van der Waals surface area (Å²) in [5.41, 5.74) is 3.35. The lowest BCUT2D eigenvalue weighted by molar-refractivity contribution is 0.134. The van der Waals surface area contributed by atoms with Gasteiger partial charge in [-0.15, -0.1) is 0 Å². The van der Waals surface area contributed by atoms with Crippen LogP contribution in [-0.4, -0.2) is 20.1 Å². The van der Waals surface area contributed by atoms with Gasteiger partial charge in [0.1, 0.15) is 11.5 Å². The van der Waals surface area contributed by atoms with Crippen LogP contribution in [0.5, 0.6) is 23.0 Å². The minimum atomic E-state index is -0.183. The maximum Gasteiger partial charge on any atom is 0.231 e. The van der Waals surface area contributed by atoms with Crippen molar-refractivity contribution in [1.29, 1.82) is 0 Å². The summed E-state index contributed by atoms with van der Waals surface area (Å²) in [4.78, 5) is 0. The Morgan fingerprint density at radius 3 is 2.34 bits per heavy atom. The van der Waals surface area contributed by atoms with Crippen molar-refractivity contribution in [3.63, 3.8) is 0 Å². The molecule has 0 amide bonds. The molecule has 3 aromatic carbocycles. The summed E-state index contributed by atoms with van der Waals surface area (Å²) in [6.45, 7) is 2.45. The Bertz CT molecular complexity index is 1000. The fourth-order valence-corrected chi connectivity index (χ4v) is 4.14. The SMILES string of the molecule is COc1ccc([C@@H]2c3cc4c(cc3O[C@H](Nc3ccccc3)[C@@H]2C)OCO4)cc1. The Balaban J connectivity index is 1.57. The Morgan fingerprint density at radius 2 is 1.62 bits per heavy atom. The average Bonchev–Trinajstić information content (AvgIpc) is 3.21. The summed E-state index contributed by atoms with van der Waals surface area (Å²) in [7, 11) is 1.68. The number of ether oxygens (including phenoxy) is 4. The molecule has 0 spiro atoms. The summed E-state index contributed by atoms with van der Waals surface area (Å²) in [5, 5.41) is 3.54. The van der Waals surface area contributed by atoms with Crippen LogP contribution in [0.2, 0.25) is 0 Å². The van der Waals surface area contributed by atoms with Crippen molar-refractivity contribution < 1.29 is 18.9 Å². The van der Waals surface area contributed by atoms with E-state index in [1.54, 1.807) is 7.11 Å². The highest BCUT2D eigenvalue weighted by Gasteiger charge is 2.38. The number of hydrogen-bond acceptors (Lipinski definition) is 5. The van der Waals surface area contributed by atoms with Gasteiger partial charge in [0.05, 0.1) is 7.11 Å². The van der Waals surface area contributed by atoms with Gasteiger partial charge in [-0.2, -0.15) is 0 Å². The second kappa shape index (κ2) is 7.24. The lowest BCUT2D eigenvalue weighted by Crippen LogP contribution is -2.40. The molecule has 0 bridgehead atoms. The van der Waals surface area contributed by atoms with Crippen molar-refractivity contribution in [1.82, 2.24) is 0 Å². The second-order valence-electron chi connectivity index (χ2n) is 7.40. The van der Waals surface area contributed by atoms with Crippen molar-refractivity contribution in [2.75, 3.05) is 19.2 Å². The third kappa shape index (κ3) is 3.23. The first-order valence-corrected chi connectivity index (χ1v) is 9.78. The quantitative estimate of drug-likeness (QED) is 0.679. The van der Waals surface area contributed by atoms with E-state index in [1.165, 1.54) is 5.56 Å². The number of hydrogen-bond donors (Lipinski definition) is 1. The molecule has 0 aliphatic carbocycles. The number of benzene rings is 3. The van der Waals surface area contributed by atoms with E-state index in [2.05, 4.69) is 30.4 Å². The van der Waals surface area contributed by atoms with Crippen molar-refractivity contribution in [3.05, 3.63) is 77.9 Å². The molecule has 0 fully saturated rings. The predicted octanol–water partition coefficient (Wildman–Crippen LogP) is 5.02. The molecule has 3 atom stereocenters. The zero-order chi connectivity index (χ0) is 19.8. The van der Waals surface area contributed by atoms with Crippen molar-refractivity contribution >= 4 is 5.69 Å². The molecule has 0 saturated heterocycles. The van der Waals surface area contributed by atoms with Crippen molar-refractivity contribution in [2.45, 2.75) is 19.1 Å². The lowest BCUT2D eigenvalue weighted by atomic mass is 9.78. The molecule has 1 N–H and O–H groups in total. The number of para-hydroxylation sites is 1. The van der Waals surface area contributed by atoms with Gasteiger partial charge in [0, 0.05) is 29.2 Å². The number of rotatable bonds is 4. The topological polar surface area (TPSA) is 49.0 Å². The summed E-state index contributed by atoms with van der Waals surface area (Å²) >= 11 is 0. The van der Waals surface area contributed by atoms with Crippen LogP contribution in [0.25, 0.3) is 0 Å².